The van der Waals surface area contributed by atoms with Crippen molar-refractivity contribution in [1.82, 2.24) is 0 Å². The number of benzene rings is 1. The lowest BCUT2D eigenvalue weighted by Gasteiger charge is -2.05. The molecule has 1 aliphatic carbocycles. The summed E-state index contributed by atoms with van der Waals surface area (Å²) < 4.78 is 13.3. The molecular formula is C10H11FN2O2. The molecule has 0 atom stereocenters. The lowest BCUT2D eigenvalue weighted by atomic mass is 10.2. The molecule has 1 aromatic carbocycles. The maximum atomic E-state index is 13.3. The van der Waals surface area contributed by atoms with Crippen LogP contribution in [0.2, 0.25) is 0 Å². The van der Waals surface area contributed by atoms with Gasteiger partial charge in [0, 0.05) is 12.6 Å². The van der Waals surface area contributed by atoms with Gasteiger partial charge in [0.1, 0.15) is 0 Å². The number of nitro benzene ring substituents is 1. The third kappa shape index (κ3) is 2.43. The highest BCUT2D eigenvalue weighted by Crippen LogP contribution is 2.29. The van der Waals surface area contributed by atoms with Gasteiger partial charge in [0.2, 0.25) is 0 Å². The van der Waals surface area contributed by atoms with Crippen molar-refractivity contribution in [3.05, 3.63) is 34.1 Å². The van der Waals surface area contributed by atoms with Crippen LogP contribution in [-0.4, -0.2) is 11.5 Å². The van der Waals surface area contributed by atoms with Crippen molar-refractivity contribution < 1.29 is 9.31 Å². The minimum atomic E-state index is -0.603. The first-order valence-corrected chi connectivity index (χ1v) is 4.84. The van der Waals surface area contributed by atoms with E-state index >= 15 is 0 Å². The summed E-state index contributed by atoms with van der Waals surface area (Å²) in [5.74, 6) is 0.0736. The Morgan fingerprint density at radius 2 is 2.27 bits per heavy atom. The predicted octanol–water partition coefficient (Wildman–Crippen LogP) is 2.56. The summed E-state index contributed by atoms with van der Waals surface area (Å²) in [6, 6.07) is 3.66. The van der Waals surface area contributed by atoms with Crippen molar-refractivity contribution in [2.24, 2.45) is 5.92 Å². The van der Waals surface area contributed by atoms with Gasteiger partial charge in [-0.15, -0.1) is 0 Å². The first kappa shape index (κ1) is 9.89. The second-order valence-corrected chi connectivity index (χ2v) is 3.75. The number of nitrogens with zero attached hydrogens (tertiary/aromatic N) is 1. The van der Waals surface area contributed by atoms with Crippen LogP contribution in [0.1, 0.15) is 12.8 Å². The number of nitrogens with one attached hydrogen (secondary N) is 1. The lowest BCUT2D eigenvalue weighted by Crippen LogP contribution is -2.05. The zero-order chi connectivity index (χ0) is 10.8. The minimum Gasteiger partial charge on any atom is -0.382 e. The van der Waals surface area contributed by atoms with Gasteiger partial charge in [-0.05, 0) is 24.8 Å². The van der Waals surface area contributed by atoms with E-state index in [-0.39, 0.29) is 5.69 Å². The second-order valence-electron chi connectivity index (χ2n) is 3.75. The van der Waals surface area contributed by atoms with Gasteiger partial charge in [-0.3, -0.25) is 10.1 Å². The molecule has 80 valence electrons. The van der Waals surface area contributed by atoms with Gasteiger partial charge in [0.25, 0.3) is 5.69 Å². The van der Waals surface area contributed by atoms with E-state index in [9.17, 15) is 14.5 Å². The van der Waals surface area contributed by atoms with Gasteiger partial charge in [-0.2, -0.15) is 0 Å². The number of rotatable bonds is 4. The van der Waals surface area contributed by atoms with E-state index in [4.69, 9.17) is 0 Å². The average Bonchev–Trinajstić information content (AvgIpc) is 2.99. The fraction of sp³-hybridized carbons (Fsp3) is 0.400. The van der Waals surface area contributed by atoms with Crippen LogP contribution in [0.25, 0.3) is 0 Å². The zero-order valence-corrected chi connectivity index (χ0v) is 8.07. The van der Waals surface area contributed by atoms with Crippen LogP contribution >= 0.6 is 0 Å². The molecule has 0 heterocycles. The number of anilines is 1. The van der Waals surface area contributed by atoms with Gasteiger partial charge >= 0.3 is 0 Å². The first-order chi connectivity index (χ1) is 7.16. The van der Waals surface area contributed by atoms with E-state index < -0.39 is 10.7 Å². The van der Waals surface area contributed by atoms with E-state index in [1.165, 1.54) is 25.0 Å². The summed E-state index contributed by atoms with van der Waals surface area (Å²) in [7, 11) is 0. The van der Waals surface area contributed by atoms with Crippen molar-refractivity contribution in [3.63, 3.8) is 0 Å². The van der Waals surface area contributed by atoms with Gasteiger partial charge in [-0.25, -0.2) is 4.39 Å². The second kappa shape index (κ2) is 3.84. The summed E-state index contributed by atoms with van der Waals surface area (Å²) in [4.78, 5) is 9.76. The SMILES string of the molecule is O=[N+]([O-])c1ccc(NCC2CC2)c(F)c1. The predicted molar refractivity (Wildman–Crippen MR) is 54.3 cm³/mol. The maximum absolute atomic E-state index is 13.3. The third-order valence-electron chi connectivity index (χ3n) is 2.44. The van der Waals surface area contributed by atoms with E-state index in [1.807, 2.05) is 0 Å². The van der Waals surface area contributed by atoms with Gasteiger partial charge < -0.3 is 5.32 Å². The highest BCUT2D eigenvalue weighted by Gasteiger charge is 2.21. The Kier molecular flexibility index (Phi) is 2.53. The van der Waals surface area contributed by atoms with Crippen molar-refractivity contribution in [1.29, 1.82) is 0 Å². The maximum Gasteiger partial charge on any atom is 0.272 e. The molecule has 0 amide bonds. The largest absolute Gasteiger partial charge is 0.382 e. The van der Waals surface area contributed by atoms with Crippen LogP contribution in [-0.2, 0) is 0 Å². The number of hydrogen-bond donors (Lipinski definition) is 1. The number of nitro groups is 1. The topological polar surface area (TPSA) is 55.2 Å². The van der Waals surface area contributed by atoms with Crippen molar-refractivity contribution in [2.75, 3.05) is 11.9 Å². The van der Waals surface area contributed by atoms with Crippen LogP contribution in [0.5, 0.6) is 0 Å². The van der Waals surface area contributed by atoms with Crippen molar-refractivity contribution >= 4 is 11.4 Å². The smallest absolute Gasteiger partial charge is 0.272 e. The van der Waals surface area contributed by atoms with Crippen molar-refractivity contribution in [3.8, 4) is 0 Å². The van der Waals surface area contributed by atoms with E-state index in [0.717, 1.165) is 12.6 Å². The highest BCUT2D eigenvalue weighted by atomic mass is 19.1. The monoisotopic (exact) mass is 210 g/mol. The zero-order valence-electron chi connectivity index (χ0n) is 8.07. The number of halogens is 1. The van der Waals surface area contributed by atoms with Gasteiger partial charge in [0.05, 0.1) is 16.7 Å². The molecule has 0 aromatic heterocycles. The van der Waals surface area contributed by atoms with E-state index in [0.29, 0.717) is 11.6 Å². The fourth-order valence-corrected chi connectivity index (χ4v) is 1.34. The molecule has 1 aromatic rings. The van der Waals surface area contributed by atoms with E-state index in [2.05, 4.69) is 5.32 Å². The Hall–Kier alpha value is -1.65. The number of non-ortho nitro benzene ring substituents is 1. The Balaban J connectivity index is 2.07. The molecule has 5 heteroatoms. The molecule has 1 fully saturated rings. The van der Waals surface area contributed by atoms with Crippen LogP contribution in [0, 0.1) is 21.8 Å². The molecule has 0 radical (unpaired) electrons. The highest BCUT2D eigenvalue weighted by molar-refractivity contribution is 5.50. The third-order valence-corrected chi connectivity index (χ3v) is 2.44. The van der Waals surface area contributed by atoms with Gasteiger partial charge in [0.15, 0.2) is 5.82 Å². The molecule has 0 unspecified atom stereocenters. The quantitative estimate of drug-likeness (QED) is 0.613. The summed E-state index contributed by atoms with van der Waals surface area (Å²) in [5, 5.41) is 13.3. The Bertz CT molecular complexity index is 391. The van der Waals surface area contributed by atoms with Crippen LogP contribution in [0.3, 0.4) is 0 Å². The Morgan fingerprint density at radius 1 is 1.53 bits per heavy atom. The Labute approximate surface area is 86.3 Å². The summed E-state index contributed by atoms with van der Waals surface area (Å²) >= 11 is 0. The summed E-state index contributed by atoms with van der Waals surface area (Å²) in [6.07, 6.45) is 2.36. The molecule has 1 aliphatic rings. The molecule has 15 heavy (non-hydrogen) atoms. The molecule has 0 bridgehead atoms. The van der Waals surface area contributed by atoms with Crippen LogP contribution in [0.4, 0.5) is 15.8 Å². The van der Waals surface area contributed by atoms with Crippen molar-refractivity contribution in [2.45, 2.75) is 12.8 Å². The minimum absolute atomic E-state index is 0.218. The molecule has 2 rings (SSSR count). The van der Waals surface area contributed by atoms with Crippen LogP contribution in [0.15, 0.2) is 18.2 Å². The first-order valence-electron chi connectivity index (χ1n) is 4.84. The molecular weight excluding hydrogens is 199 g/mol. The molecule has 0 aliphatic heterocycles. The fourth-order valence-electron chi connectivity index (χ4n) is 1.34. The molecule has 1 N–H and O–H groups in total. The molecule has 0 saturated heterocycles. The normalized spacial score (nSPS) is 15.0. The molecule has 1 saturated carbocycles. The molecule has 0 spiro atoms. The average molecular weight is 210 g/mol. The summed E-state index contributed by atoms with van der Waals surface area (Å²) in [6.45, 7) is 0.745. The summed E-state index contributed by atoms with van der Waals surface area (Å²) in [5.41, 5.74) is 0.122. The van der Waals surface area contributed by atoms with E-state index in [1.54, 1.807) is 0 Å². The lowest BCUT2D eigenvalue weighted by molar-refractivity contribution is -0.385. The number of hydrogen-bond acceptors (Lipinski definition) is 3. The molecule has 4 nitrogen and oxygen atoms in total. The standard InChI is InChI=1S/C10H11FN2O2/c11-9-5-8(13(14)15)3-4-10(9)12-6-7-1-2-7/h3-5,7,12H,1-2,6H2. The van der Waals surface area contributed by atoms with Gasteiger partial charge in [-0.1, -0.05) is 0 Å². The Morgan fingerprint density at radius 3 is 2.80 bits per heavy atom. The van der Waals surface area contributed by atoms with Crippen LogP contribution < -0.4 is 5.32 Å².